The Morgan fingerprint density at radius 2 is 2.00 bits per heavy atom. The molecule has 1 aliphatic rings. The molecule has 0 aromatic carbocycles. The van der Waals surface area contributed by atoms with Crippen molar-refractivity contribution >= 4 is 0 Å². The van der Waals surface area contributed by atoms with Crippen LogP contribution in [0.5, 0.6) is 0 Å². The molecule has 0 amide bonds. The molecule has 0 radical (unpaired) electrons. The standard InChI is InChI=1S/C9H14O/c1-3-9(2,10)8-6-4-5-7-8/h8,10H,3,6-7H2,1-2H3. The minimum atomic E-state index is -0.503. The van der Waals surface area contributed by atoms with Gasteiger partial charge in [-0.2, -0.15) is 0 Å². The molecule has 0 aromatic rings. The largest absolute Gasteiger partial charge is 0.390 e. The first kappa shape index (κ1) is 7.63. The average Bonchev–Trinajstić information content (AvgIpc) is 2.38. The highest BCUT2D eigenvalue weighted by molar-refractivity contribution is 5.11. The van der Waals surface area contributed by atoms with Crippen molar-refractivity contribution in [3.8, 4) is 11.8 Å². The Bertz CT molecular complexity index is 161. The lowest BCUT2D eigenvalue weighted by molar-refractivity contribution is 0.000995. The highest BCUT2D eigenvalue weighted by Gasteiger charge is 2.29. The maximum Gasteiger partial charge on any atom is 0.0663 e. The van der Waals surface area contributed by atoms with E-state index >= 15 is 0 Å². The van der Waals surface area contributed by atoms with Gasteiger partial charge >= 0.3 is 0 Å². The number of rotatable bonds is 2. The second-order valence-corrected chi connectivity index (χ2v) is 3.17. The van der Waals surface area contributed by atoms with E-state index in [0.717, 1.165) is 19.3 Å². The third-order valence-electron chi connectivity index (χ3n) is 2.42. The summed E-state index contributed by atoms with van der Waals surface area (Å²) in [5.41, 5.74) is -0.503. The molecule has 0 fully saturated rings. The van der Waals surface area contributed by atoms with Crippen LogP contribution in [0.25, 0.3) is 0 Å². The van der Waals surface area contributed by atoms with Gasteiger partial charge in [-0.15, -0.1) is 11.8 Å². The summed E-state index contributed by atoms with van der Waals surface area (Å²) in [5, 5.41) is 9.74. The maximum absolute atomic E-state index is 9.74. The van der Waals surface area contributed by atoms with Crippen LogP contribution in [-0.2, 0) is 0 Å². The van der Waals surface area contributed by atoms with Gasteiger partial charge in [-0.05, 0) is 13.3 Å². The number of hydrogen-bond acceptors (Lipinski definition) is 1. The summed E-state index contributed by atoms with van der Waals surface area (Å²) in [6, 6.07) is 0. The fraction of sp³-hybridized carbons (Fsp3) is 0.778. The molecule has 0 bridgehead atoms. The fourth-order valence-corrected chi connectivity index (χ4v) is 1.19. The molecular weight excluding hydrogens is 124 g/mol. The molecule has 0 spiro atoms. The molecule has 1 N–H and O–H groups in total. The van der Waals surface area contributed by atoms with E-state index < -0.39 is 5.60 Å². The minimum Gasteiger partial charge on any atom is -0.390 e. The summed E-state index contributed by atoms with van der Waals surface area (Å²) < 4.78 is 0. The van der Waals surface area contributed by atoms with E-state index in [0.29, 0.717) is 5.92 Å². The Balaban J connectivity index is 2.49. The maximum atomic E-state index is 9.74. The summed E-state index contributed by atoms with van der Waals surface area (Å²) in [6.45, 7) is 3.91. The third-order valence-corrected chi connectivity index (χ3v) is 2.42. The molecule has 0 aromatic heterocycles. The van der Waals surface area contributed by atoms with Crippen LogP contribution in [0.4, 0.5) is 0 Å². The van der Waals surface area contributed by atoms with Gasteiger partial charge in [0.2, 0.25) is 0 Å². The molecule has 1 atom stereocenters. The molecule has 1 aliphatic carbocycles. The Kier molecular flexibility index (Phi) is 2.01. The van der Waals surface area contributed by atoms with Crippen molar-refractivity contribution in [2.45, 2.75) is 38.7 Å². The fourth-order valence-electron chi connectivity index (χ4n) is 1.19. The van der Waals surface area contributed by atoms with Crippen molar-refractivity contribution in [1.29, 1.82) is 0 Å². The van der Waals surface area contributed by atoms with Crippen LogP contribution in [0.3, 0.4) is 0 Å². The highest BCUT2D eigenvalue weighted by atomic mass is 16.3. The summed E-state index contributed by atoms with van der Waals surface area (Å²) in [7, 11) is 0. The first-order valence-corrected chi connectivity index (χ1v) is 3.85. The van der Waals surface area contributed by atoms with Gasteiger partial charge in [0.05, 0.1) is 5.60 Å². The van der Waals surface area contributed by atoms with Gasteiger partial charge in [0.1, 0.15) is 0 Å². The van der Waals surface area contributed by atoms with Crippen LogP contribution in [0, 0.1) is 17.8 Å². The second-order valence-electron chi connectivity index (χ2n) is 3.17. The molecule has 1 unspecified atom stereocenters. The van der Waals surface area contributed by atoms with Crippen molar-refractivity contribution in [2.75, 3.05) is 0 Å². The van der Waals surface area contributed by atoms with Crippen molar-refractivity contribution in [3.63, 3.8) is 0 Å². The molecule has 1 nitrogen and oxygen atoms in total. The first-order chi connectivity index (χ1) is 4.67. The molecule has 1 rings (SSSR count). The average molecular weight is 138 g/mol. The molecule has 0 saturated heterocycles. The summed E-state index contributed by atoms with van der Waals surface area (Å²) in [6.07, 6.45) is 2.57. The van der Waals surface area contributed by atoms with Gasteiger partial charge in [0, 0.05) is 18.8 Å². The highest BCUT2D eigenvalue weighted by Crippen LogP contribution is 2.28. The monoisotopic (exact) mass is 138 g/mol. The van der Waals surface area contributed by atoms with E-state index in [1.165, 1.54) is 0 Å². The SMILES string of the molecule is CCC(C)(O)C1CC#CC1. The van der Waals surface area contributed by atoms with Crippen molar-refractivity contribution < 1.29 is 5.11 Å². The molecule has 0 aliphatic heterocycles. The van der Waals surface area contributed by atoms with Gasteiger partial charge in [0.25, 0.3) is 0 Å². The van der Waals surface area contributed by atoms with E-state index in [4.69, 9.17) is 0 Å². The predicted molar refractivity (Wildman–Crippen MR) is 41.4 cm³/mol. The van der Waals surface area contributed by atoms with Crippen molar-refractivity contribution in [2.24, 2.45) is 5.92 Å². The van der Waals surface area contributed by atoms with Crippen LogP contribution >= 0.6 is 0 Å². The zero-order valence-corrected chi connectivity index (χ0v) is 6.65. The van der Waals surface area contributed by atoms with E-state index in [2.05, 4.69) is 11.8 Å². The van der Waals surface area contributed by atoms with Crippen LogP contribution < -0.4 is 0 Å². The first-order valence-electron chi connectivity index (χ1n) is 3.85. The van der Waals surface area contributed by atoms with Crippen LogP contribution in [0.2, 0.25) is 0 Å². The zero-order chi connectivity index (χ0) is 7.61. The summed E-state index contributed by atoms with van der Waals surface area (Å²) >= 11 is 0. The minimum absolute atomic E-state index is 0.359. The molecule has 1 heteroatoms. The Hall–Kier alpha value is -0.480. The lowest BCUT2D eigenvalue weighted by atomic mass is 9.85. The van der Waals surface area contributed by atoms with Gasteiger partial charge in [-0.3, -0.25) is 0 Å². The topological polar surface area (TPSA) is 20.2 Å². The normalized spacial score (nSPS) is 23.5. The Labute approximate surface area is 62.4 Å². The van der Waals surface area contributed by atoms with Crippen molar-refractivity contribution in [3.05, 3.63) is 0 Å². The number of hydrogen-bond donors (Lipinski definition) is 1. The van der Waals surface area contributed by atoms with Crippen molar-refractivity contribution in [1.82, 2.24) is 0 Å². The number of aliphatic hydroxyl groups is 1. The predicted octanol–water partition coefficient (Wildman–Crippen LogP) is 1.56. The van der Waals surface area contributed by atoms with E-state index in [9.17, 15) is 5.11 Å². The zero-order valence-electron chi connectivity index (χ0n) is 6.65. The second kappa shape index (κ2) is 2.64. The third kappa shape index (κ3) is 1.33. The summed E-state index contributed by atoms with van der Waals surface area (Å²) in [5.74, 6) is 6.36. The van der Waals surface area contributed by atoms with Crippen LogP contribution in [0.1, 0.15) is 33.1 Å². The van der Waals surface area contributed by atoms with Gasteiger partial charge in [-0.25, -0.2) is 0 Å². The molecule has 0 heterocycles. The van der Waals surface area contributed by atoms with Crippen LogP contribution in [-0.4, -0.2) is 10.7 Å². The molecule has 0 saturated carbocycles. The van der Waals surface area contributed by atoms with Gasteiger partial charge in [-0.1, -0.05) is 6.92 Å². The van der Waals surface area contributed by atoms with E-state index in [-0.39, 0.29) is 0 Å². The lowest BCUT2D eigenvalue weighted by Crippen LogP contribution is -2.32. The quantitative estimate of drug-likeness (QED) is 0.574. The van der Waals surface area contributed by atoms with E-state index in [1.807, 2.05) is 13.8 Å². The summed E-state index contributed by atoms with van der Waals surface area (Å²) in [4.78, 5) is 0. The molecule has 10 heavy (non-hydrogen) atoms. The molecular formula is C9H14O. The smallest absolute Gasteiger partial charge is 0.0663 e. The van der Waals surface area contributed by atoms with Crippen LogP contribution in [0.15, 0.2) is 0 Å². The van der Waals surface area contributed by atoms with E-state index in [1.54, 1.807) is 0 Å². The van der Waals surface area contributed by atoms with Gasteiger partial charge < -0.3 is 5.11 Å². The Morgan fingerprint density at radius 1 is 1.50 bits per heavy atom. The van der Waals surface area contributed by atoms with Gasteiger partial charge in [0.15, 0.2) is 0 Å². The molecule has 56 valence electrons. The Morgan fingerprint density at radius 3 is 2.40 bits per heavy atom. The lowest BCUT2D eigenvalue weighted by Gasteiger charge is -2.27.